The zero-order chi connectivity index (χ0) is 15.6. The fourth-order valence-electron chi connectivity index (χ4n) is 2.04. The Balaban J connectivity index is 3.16. The third-order valence-corrected chi connectivity index (χ3v) is 4.91. The third kappa shape index (κ3) is 4.30. The first kappa shape index (κ1) is 17.1. The second-order valence-electron chi connectivity index (χ2n) is 6.10. The monoisotopic (exact) mass is 300 g/mol. The van der Waals surface area contributed by atoms with Gasteiger partial charge in [0.25, 0.3) is 10.1 Å². The molecule has 5 heteroatoms. The molecule has 1 aromatic rings. The zero-order valence-corrected chi connectivity index (χ0v) is 13.6. The van der Waals surface area contributed by atoms with Crippen LogP contribution in [0.1, 0.15) is 50.5 Å². The molecule has 0 radical (unpaired) electrons. The van der Waals surface area contributed by atoms with Gasteiger partial charge in [0.2, 0.25) is 0 Å². The number of hydrogen-bond donors (Lipinski definition) is 1. The van der Waals surface area contributed by atoms with E-state index in [2.05, 4.69) is 25.0 Å². The lowest BCUT2D eigenvalue weighted by Crippen LogP contribution is -2.20. The maximum atomic E-state index is 12.0. The van der Waals surface area contributed by atoms with Crippen LogP contribution in [0, 0.1) is 0 Å². The van der Waals surface area contributed by atoms with E-state index in [9.17, 15) is 13.5 Å². The van der Waals surface area contributed by atoms with Crippen LogP contribution < -0.4 is 0 Å². The first-order chi connectivity index (χ1) is 9.08. The first-order valence-corrected chi connectivity index (χ1v) is 8.13. The number of benzene rings is 1. The Labute approximate surface area is 121 Å². The molecule has 0 aromatic heterocycles. The smallest absolute Gasteiger partial charge is 0.274 e. The minimum absolute atomic E-state index is 0.0123. The van der Waals surface area contributed by atoms with E-state index in [-0.39, 0.29) is 11.8 Å². The lowest BCUT2D eigenvalue weighted by Gasteiger charge is -2.22. The summed E-state index contributed by atoms with van der Waals surface area (Å²) in [4.78, 5) is 0. The maximum absolute atomic E-state index is 12.0. The molecule has 0 fully saturated rings. The first-order valence-electron chi connectivity index (χ1n) is 6.66. The van der Waals surface area contributed by atoms with Gasteiger partial charge in [-0.15, -0.1) is 0 Å². The summed E-state index contributed by atoms with van der Waals surface area (Å²) in [6.07, 6.45) is -0.599. The van der Waals surface area contributed by atoms with Gasteiger partial charge in [0.1, 0.15) is 5.25 Å². The fraction of sp³-hybridized carbons (Fsp3) is 0.600. The molecular formula is C15H24O4S. The van der Waals surface area contributed by atoms with Crippen molar-refractivity contribution in [1.82, 2.24) is 0 Å². The van der Waals surface area contributed by atoms with Crippen LogP contribution in [0.25, 0.3) is 0 Å². The summed E-state index contributed by atoms with van der Waals surface area (Å²) in [5.74, 6) is 0. The summed E-state index contributed by atoms with van der Waals surface area (Å²) in [7, 11) is -2.57. The normalized spacial score (nSPS) is 15.9. The molecule has 1 N–H and O–H groups in total. The Morgan fingerprint density at radius 2 is 1.70 bits per heavy atom. The van der Waals surface area contributed by atoms with E-state index in [1.807, 2.05) is 12.1 Å². The van der Waals surface area contributed by atoms with Crippen molar-refractivity contribution in [2.24, 2.45) is 0 Å². The van der Waals surface area contributed by atoms with Crippen molar-refractivity contribution in [2.45, 2.75) is 50.9 Å². The van der Waals surface area contributed by atoms with E-state index >= 15 is 0 Å². The summed E-state index contributed by atoms with van der Waals surface area (Å²) in [5.41, 5.74) is 1.78. The van der Waals surface area contributed by atoms with Crippen LogP contribution in [0.2, 0.25) is 0 Å². The summed E-state index contributed by atoms with van der Waals surface area (Å²) in [6, 6.07) is 7.44. The van der Waals surface area contributed by atoms with Gasteiger partial charge in [-0.3, -0.25) is 4.18 Å². The highest BCUT2D eigenvalue weighted by Crippen LogP contribution is 2.30. The molecule has 0 aliphatic heterocycles. The standard InChI is InChI=1S/C15H24O4S/c1-11(16)10-14(20(17,18)19-5)12-6-8-13(9-7-12)15(2,3)4/h6-9,11,14,16H,10H2,1-5H3/t11-,14+/m0/s1. The summed E-state index contributed by atoms with van der Waals surface area (Å²) >= 11 is 0. The van der Waals surface area contributed by atoms with Gasteiger partial charge in [-0.2, -0.15) is 8.42 Å². The molecule has 0 heterocycles. The Morgan fingerprint density at radius 1 is 1.20 bits per heavy atom. The number of rotatable bonds is 5. The molecular weight excluding hydrogens is 276 g/mol. The minimum atomic E-state index is -3.72. The van der Waals surface area contributed by atoms with Gasteiger partial charge < -0.3 is 5.11 Å². The van der Waals surface area contributed by atoms with Crippen molar-refractivity contribution >= 4 is 10.1 Å². The van der Waals surface area contributed by atoms with Gasteiger partial charge >= 0.3 is 0 Å². The van der Waals surface area contributed by atoms with Crippen molar-refractivity contribution in [2.75, 3.05) is 7.11 Å². The zero-order valence-electron chi connectivity index (χ0n) is 12.8. The van der Waals surface area contributed by atoms with Gasteiger partial charge in [0.05, 0.1) is 13.2 Å². The highest BCUT2D eigenvalue weighted by atomic mass is 32.2. The largest absolute Gasteiger partial charge is 0.393 e. The summed E-state index contributed by atoms with van der Waals surface area (Å²) in [5, 5.41) is 8.66. The molecule has 1 rings (SSSR count). The van der Waals surface area contributed by atoms with E-state index < -0.39 is 21.5 Å². The summed E-state index contributed by atoms with van der Waals surface area (Å²) < 4.78 is 28.6. The number of hydrogen-bond acceptors (Lipinski definition) is 4. The van der Waals surface area contributed by atoms with Crippen LogP contribution in [0.15, 0.2) is 24.3 Å². The number of aliphatic hydroxyl groups is 1. The lowest BCUT2D eigenvalue weighted by molar-refractivity contribution is 0.180. The van der Waals surface area contributed by atoms with E-state index in [1.165, 1.54) is 0 Å². The molecule has 0 amide bonds. The molecule has 0 aliphatic rings. The molecule has 0 aliphatic carbocycles. The van der Waals surface area contributed by atoms with Crippen molar-refractivity contribution in [1.29, 1.82) is 0 Å². The van der Waals surface area contributed by atoms with Crippen LogP contribution in [0.5, 0.6) is 0 Å². The van der Waals surface area contributed by atoms with Gasteiger partial charge in [0, 0.05) is 0 Å². The molecule has 20 heavy (non-hydrogen) atoms. The van der Waals surface area contributed by atoms with Crippen molar-refractivity contribution in [3.05, 3.63) is 35.4 Å². The molecule has 0 spiro atoms. The van der Waals surface area contributed by atoms with Gasteiger partial charge in [-0.25, -0.2) is 0 Å². The third-order valence-electron chi connectivity index (χ3n) is 3.28. The van der Waals surface area contributed by atoms with E-state index in [1.54, 1.807) is 19.1 Å². The highest BCUT2D eigenvalue weighted by Gasteiger charge is 2.29. The van der Waals surface area contributed by atoms with Crippen LogP contribution in [0.4, 0.5) is 0 Å². The average Bonchev–Trinajstić information content (AvgIpc) is 2.35. The van der Waals surface area contributed by atoms with Crippen molar-refractivity contribution in [3.63, 3.8) is 0 Å². The number of aliphatic hydroxyl groups excluding tert-OH is 1. The molecule has 2 atom stereocenters. The molecule has 1 aromatic carbocycles. The maximum Gasteiger partial charge on any atom is 0.274 e. The van der Waals surface area contributed by atoms with Crippen molar-refractivity contribution in [3.8, 4) is 0 Å². The molecule has 4 nitrogen and oxygen atoms in total. The quantitative estimate of drug-likeness (QED) is 0.849. The Bertz CT molecular complexity index is 524. The van der Waals surface area contributed by atoms with E-state index in [0.29, 0.717) is 5.56 Å². The molecule has 0 unspecified atom stereocenters. The van der Waals surface area contributed by atoms with E-state index in [4.69, 9.17) is 0 Å². The average molecular weight is 300 g/mol. The molecule has 0 saturated carbocycles. The minimum Gasteiger partial charge on any atom is -0.393 e. The molecule has 114 valence electrons. The Kier molecular flexibility index (Phi) is 5.35. The Morgan fingerprint density at radius 3 is 2.05 bits per heavy atom. The predicted octanol–water partition coefficient (Wildman–Crippen LogP) is 2.77. The second-order valence-corrected chi connectivity index (χ2v) is 7.99. The molecule has 0 saturated heterocycles. The van der Waals surface area contributed by atoms with Crippen molar-refractivity contribution < 1.29 is 17.7 Å². The van der Waals surface area contributed by atoms with Gasteiger partial charge in [0.15, 0.2) is 0 Å². The van der Waals surface area contributed by atoms with Crippen LogP contribution in [-0.4, -0.2) is 26.7 Å². The highest BCUT2D eigenvalue weighted by molar-refractivity contribution is 7.87. The SMILES string of the molecule is COS(=O)(=O)[C@H](C[C@H](C)O)c1ccc(C(C)(C)C)cc1. The van der Waals surface area contributed by atoms with Gasteiger partial charge in [-0.05, 0) is 29.9 Å². The predicted molar refractivity (Wildman–Crippen MR) is 80.1 cm³/mol. The lowest BCUT2D eigenvalue weighted by atomic mass is 9.86. The van der Waals surface area contributed by atoms with Crippen LogP contribution in [-0.2, 0) is 19.7 Å². The Hall–Kier alpha value is -0.910. The second kappa shape index (κ2) is 6.24. The van der Waals surface area contributed by atoms with Crippen LogP contribution in [0.3, 0.4) is 0 Å². The van der Waals surface area contributed by atoms with Crippen LogP contribution >= 0.6 is 0 Å². The molecule has 0 bridgehead atoms. The fourth-order valence-corrected chi connectivity index (χ4v) is 3.28. The van der Waals surface area contributed by atoms with E-state index in [0.717, 1.165) is 12.7 Å². The topological polar surface area (TPSA) is 63.6 Å². The summed E-state index contributed by atoms with van der Waals surface area (Å²) in [6.45, 7) is 7.87. The van der Waals surface area contributed by atoms with Gasteiger partial charge in [-0.1, -0.05) is 45.0 Å².